The predicted octanol–water partition coefficient (Wildman–Crippen LogP) is 3.68. The topological polar surface area (TPSA) is 46.5 Å². The second-order valence-electron chi connectivity index (χ2n) is 4.64. The minimum atomic E-state index is -4.56. The van der Waals surface area contributed by atoms with Gasteiger partial charge in [0.2, 0.25) is 5.60 Å². The van der Waals surface area contributed by atoms with Crippen LogP contribution in [0, 0.1) is 0 Å². The van der Waals surface area contributed by atoms with Crippen molar-refractivity contribution in [1.29, 1.82) is 0 Å². The van der Waals surface area contributed by atoms with Crippen LogP contribution in [-0.4, -0.2) is 18.2 Å². The largest absolute Gasteiger partial charge is 0.479 e. The molecule has 1 atom stereocenters. The van der Waals surface area contributed by atoms with E-state index in [0.29, 0.717) is 0 Å². The van der Waals surface area contributed by atoms with Gasteiger partial charge in [-0.1, -0.05) is 42.5 Å². The lowest BCUT2D eigenvalue weighted by molar-refractivity contribution is -0.158. The first-order valence-corrected chi connectivity index (χ1v) is 6.34. The first-order chi connectivity index (χ1) is 10.3. The van der Waals surface area contributed by atoms with Gasteiger partial charge < -0.3 is 9.84 Å². The molecule has 0 fully saturated rings. The van der Waals surface area contributed by atoms with Crippen molar-refractivity contribution in [3.05, 3.63) is 71.3 Å². The third kappa shape index (κ3) is 2.69. The number of aliphatic carboxylic acids is 1. The van der Waals surface area contributed by atoms with Gasteiger partial charge >= 0.3 is 12.1 Å². The standard InChI is InChI=1S/C16H13F3O3/c1-22-15(14(20)21,11-6-3-2-4-7-11)12-8-5-9-13(10-12)16(17,18)19/h2-10H,1H3,(H,20,21). The van der Waals surface area contributed by atoms with E-state index >= 15 is 0 Å². The van der Waals surface area contributed by atoms with Crippen molar-refractivity contribution in [3.63, 3.8) is 0 Å². The lowest BCUT2D eigenvalue weighted by Crippen LogP contribution is -2.39. The van der Waals surface area contributed by atoms with E-state index in [1.165, 1.54) is 18.2 Å². The highest BCUT2D eigenvalue weighted by Crippen LogP contribution is 2.37. The Balaban J connectivity index is 2.69. The summed E-state index contributed by atoms with van der Waals surface area (Å²) in [4.78, 5) is 11.8. The smallest absolute Gasteiger partial charge is 0.416 e. The minimum absolute atomic E-state index is 0.0940. The fourth-order valence-electron chi connectivity index (χ4n) is 2.32. The maximum absolute atomic E-state index is 12.9. The van der Waals surface area contributed by atoms with Crippen LogP contribution in [0.3, 0.4) is 0 Å². The highest BCUT2D eigenvalue weighted by Gasteiger charge is 2.44. The van der Waals surface area contributed by atoms with Crippen molar-refractivity contribution in [2.45, 2.75) is 11.8 Å². The molecule has 0 spiro atoms. The van der Waals surface area contributed by atoms with E-state index in [-0.39, 0.29) is 11.1 Å². The van der Waals surface area contributed by atoms with Crippen LogP contribution in [0.4, 0.5) is 13.2 Å². The molecule has 1 unspecified atom stereocenters. The Kier molecular flexibility index (Phi) is 4.23. The highest BCUT2D eigenvalue weighted by molar-refractivity contribution is 5.84. The molecule has 2 aromatic carbocycles. The molecule has 22 heavy (non-hydrogen) atoms. The fraction of sp³-hybridized carbons (Fsp3) is 0.188. The van der Waals surface area contributed by atoms with Crippen molar-refractivity contribution in [1.82, 2.24) is 0 Å². The molecule has 2 rings (SSSR count). The number of halogens is 3. The Hall–Kier alpha value is -2.34. The lowest BCUT2D eigenvalue weighted by atomic mass is 9.85. The average molecular weight is 310 g/mol. The van der Waals surface area contributed by atoms with Gasteiger partial charge in [-0.2, -0.15) is 13.2 Å². The Morgan fingerprint density at radius 1 is 0.955 bits per heavy atom. The molecule has 0 saturated heterocycles. The lowest BCUT2D eigenvalue weighted by Gasteiger charge is -2.29. The van der Waals surface area contributed by atoms with Gasteiger partial charge in [-0.3, -0.25) is 0 Å². The Labute approximate surface area is 125 Å². The molecule has 2 aromatic rings. The molecule has 0 aliphatic carbocycles. The summed E-state index contributed by atoms with van der Waals surface area (Å²) < 4.78 is 43.8. The van der Waals surface area contributed by atoms with E-state index in [4.69, 9.17) is 4.74 Å². The SMILES string of the molecule is COC(C(=O)O)(c1ccccc1)c1cccc(C(F)(F)F)c1. The number of hydrogen-bond donors (Lipinski definition) is 1. The van der Waals surface area contributed by atoms with E-state index in [0.717, 1.165) is 25.3 Å². The second-order valence-corrected chi connectivity index (χ2v) is 4.64. The van der Waals surface area contributed by atoms with Crippen LogP contribution in [0.1, 0.15) is 16.7 Å². The van der Waals surface area contributed by atoms with Crippen LogP contribution < -0.4 is 0 Å². The highest BCUT2D eigenvalue weighted by atomic mass is 19.4. The number of ether oxygens (including phenoxy) is 1. The number of carboxylic acids is 1. The maximum Gasteiger partial charge on any atom is 0.416 e. The van der Waals surface area contributed by atoms with E-state index < -0.39 is 23.3 Å². The molecule has 1 N–H and O–H groups in total. The number of methoxy groups -OCH3 is 1. The maximum atomic E-state index is 12.9. The molecule has 0 amide bonds. The zero-order chi connectivity index (χ0) is 16.4. The number of alkyl halides is 3. The number of carboxylic acid groups (broad SMARTS) is 1. The van der Waals surface area contributed by atoms with Gasteiger partial charge in [0.1, 0.15) is 0 Å². The van der Waals surface area contributed by atoms with E-state index in [9.17, 15) is 23.1 Å². The number of carbonyl (C=O) groups is 1. The molecule has 0 aliphatic rings. The third-order valence-electron chi connectivity index (χ3n) is 3.38. The Morgan fingerprint density at radius 2 is 1.50 bits per heavy atom. The molecular weight excluding hydrogens is 297 g/mol. The van der Waals surface area contributed by atoms with Crippen molar-refractivity contribution in [2.75, 3.05) is 7.11 Å². The predicted molar refractivity (Wildman–Crippen MR) is 73.3 cm³/mol. The van der Waals surface area contributed by atoms with Gasteiger partial charge in [0, 0.05) is 12.7 Å². The molecule has 0 aliphatic heterocycles. The molecule has 0 radical (unpaired) electrons. The van der Waals surface area contributed by atoms with Gasteiger partial charge in [-0.15, -0.1) is 0 Å². The fourth-order valence-corrected chi connectivity index (χ4v) is 2.32. The number of hydrogen-bond acceptors (Lipinski definition) is 2. The Bertz CT molecular complexity index is 668. The van der Waals surface area contributed by atoms with Crippen LogP contribution in [-0.2, 0) is 21.3 Å². The molecule has 0 bridgehead atoms. The number of rotatable bonds is 4. The van der Waals surface area contributed by atoms with Crippen LogP contribution in [0.2, 0.25) is 0 Å². The summed E-state index contributed by atoms with van der Waals surface area (Å²) in [6.07, 6.45) is -4.56. The molecule has 0 aromatic heterocycles. The molecule has 116 valence electrons. The van der Waals surface area contributed by atoms with Gasteiger partial charge in [0.05, 0.1) is 5.56 Å². The zero-order valence-corrected chi connectivity index (χ0v) is 11.6. The molecule has 3 nitrogen and oxygen atoms in total. The van der Waals surface area contributed by atoms with Crippen molar-refractivity contribution < 1.29 is 27.8 Å². The summed E-state index contributed by atoms with van der Waals surface area (Å²) in [5.74, 6) is -1.39. The average Bonchev–Trinajstić information content (AvgIpc) is 2.49. The molecule has 0 heterocycles. The third-order valence-corrected chi connectivity index (χ3v) is 3.38. The summed E-state index contributed by atoms with van der Waals surface area (Å²) >= 11 is 0. The molecular formula is C16H13F3O3. The molecule has 6 heteroatoms. The monoisotopic (exact) mass is 310 g/mol. The van der Waals surface area contributed by atoms with Crippen LogP contribution in [0.5, 0.6) is 0 Å². The van der Waals surface area contributed by atoms with E-state index in [1.54, 1.807) is 18.2 Å². The van der Waals surface area contributed by atoms with E-state index in [1.807, 2.05) is 0 Å². The van der Waals surface area contributed by atoms with Gasteiger partial charge in [0.25, 0.3) is 0 Å². The first kappa shape index (κ1) is 16.0. The van der Waals surface area contributed by atoms with Gasteiger partial charge in [-0.05, 0) is 17.7 Å². The second kappa shape index (κ2) is 5.81. The summed E-state index contributed by atoms with van der Waals surface area (Å²) in [5.41, 5.74) is -2.78. The van der Waals surface area contributed by atoms with Crippen LogP contribution in [0.15, 0.2) is 54.6 Å². The van der Waals surface area contributed by atoms with E-state index in [2.05, 4.69) is 0 Å². The van der Waals surface area contributed by atoms with Crippen molar-refractivity contribution in [3.8, 4) is 0 Å². The van der Waals surface area contributed by atoms with Crippen molar-refractivity contribution >= 4 is 5.97 Å². The summed E-state index contributed by atoms with van der Waals surface area (Å²) in [6.45, 7) is 0. The normalized spacial score (nSPS) is 14.4. The summed E-state index contributed by atoms with van der Waals surface area (Å²) in [7, 11) is 1.15. The first-order valence-electron chi connectivity index (χ1n) is 6.34. The van der Waals surface area contributed by atoms with Gasteiger partial charge in [-0.25, -0.2) is 4.79 Å². The minimum Gasteiger partial charge on any atom is -0.479 e. The van der Waals surface area contributed by atoms with Gasteiger partial charge in [0.15, 0.2) is 0 Å². The summed E-state index contributed by atoms with van der Waals surface area (Å²) in [5, 5.41) is 9.62. The van der Waals surface area contributed by atoms with Crippen molar-refractivity contribution in [2.24, 2.45) is 0 Å². The van der Waals surface area contributed by atoms with Crippen LogP contribution >= 0.6 is 0 Å². The quantitative estimate of drug-likeness (QED) is 0.937. The van der Waals surface area contributed by atoms with Crippen LogP contribution in [0.25, 0.3) is 0 Å². The molecule has 0 saturated carbocycles. The zero-order valence-electron chi connectivity index (χ0n) is 11.6. The number of benzene rings is 2. The summed E-state index contributed by atoms with van der Waals surface area (Å²) in [6, 6.07) is 12.0. The Morgan fingerprint density at radius 3 is 2.00 bits per heavy atom.